The molecule has 0 aliphatic rings. The van der Waals surface area contributed by atoms with Crippen molar-refractivity contribution in [1.82, 2.24) is 16.0 Å². The number of thioether (sulfide) groups is 1. The van der Waals surface area contributed by atoms with Crippen molar-refractivity contribution in [3.05, 3.63) is 66.2 Å². The average Bonchev–Trinajstić information content (AvgIpc) is 2.69. The monoisotopic (exact) mass is 498 g/mol. The molecule has 7 heteroatoms. The van der Waals surface area contributed by atoms with Gasteiger partial charge >= 0.3 is 0 Å². The van der Waals surface area contributed by atoms with Crippen molar-refractivity contribution in [1.29, 1.82) is 0 Å². The molecule has 3 N–H and O–H groups in total. The molecule has 0 spiro atoms. The maximum absolute atomic E-state index is 12.0. The van der Waals surface area contributed by atoms with Crippen molar-refractivity contribution in [2.24, 2.45) is 4.99 Å². The van der Waals surface area contributed by atoms with E-state index in [2.05, 4.69) is 33.1 Å². The molecule has 0 aliphatic heterocycles. The third-order valence-corrected chi connectivity index (χ3v) is 4.47. The summed E-state index contributed by atoms with van der Waals surface area (Å²) in [7, 11) is 0. The topological polar surface area (TPSA) is 65.5 Å². The molecule has 0 saturated heterocycles. The number of nitrogens with one attached hydrogen (secondary N) is 3. The smallest absolute Gasteiger partial charge is 0.251 e. The predicted octanol–water partition coefficient (Wildman–Crippen LogP) is 3.38. The molecular weight excluding hydrogens is 471 g/mol. The van der Waals surface area contributed by atoms with E-state index in [-0.39, 0.29) is 29.9 Å². The van der Waals surface area contributed by atoms with Crippen molar-refractivity contribution < 1.29 is 4.79 Å². The van der Waals surface area contributed by atoms with Crippen LogP contribution in [0.1, 0.15) is 17.3 Å². The number of guanidine groups is 1. The number of nitrogens with zero attached hydrogens (tertiary/aromatic N) is 1. The summed E-state index contributed by atoms with van der Waals surface area (Å²) in [5, 5.41) is 9.41. The van der Waals surface area contributed by atoms with E-state index in [1.807, 2.05) is 55.1 Å². The Morgan fingerprint density at radius 3 is 2.26 bits per heavy atom. The van der Waals surface area contributed by atoms with Gasteiger partial charge in [-0.2, -0.15) is 0 Å². The van der Waals surface area contributed by atoms with Crippen LogP contribution in [0, 0.1) is 0 Å². The summed E-state index contributed by atoms with van der Waals surface area (Å²) in [6.45, 7) is 4.69. The molecule has 0 heterocycles. The fourth-order valence-corrected chi connectivity index (χ4v) is 3.01. The number of aliphatic imine (C=N–C) groups is 1. The fourth-order valence-electron chi connectivity index (χ4n) is 2.23. The number of hydrogen-bond acceptors (Lipinski definition) is 3. The Bertz CT molecular complexity index is 683. The summed E-state index contributed by atoms with van der Waals surface area (Å²) in [5.41, 5.74) is 0.666. The highest BCUT2D eigenvalue weighted by Crippen LogP contribution is 2.15. The lowest BCUT2D eigenvalue weighted by Gasteiger charge is -2.11. The maximum atomic E-state index is 12.0. The number of hydrogen-bond donors (Lipinski definition) is 3. The van der Waals surface area contributed by atoms with Gasteiger partial charge in [0.25, 0.3) is 5.91 Å². The van der Waals surface area contributed by atoms with Gasteiger partial charge < -0.3 is 16.0 Å². The third-order valence-electron chi connectivity index (χ3n) is 3.45. The Morgan fingerprint density at radius 2 is 1.59 bits per heavy atom. The summed E-state index contributed by atoms with van der Waals surface area (Å²) in [6, 6.07) is 19.5. The second-order valence-electron chi connectivity index (χ2n) is 5.47. The number of amides is 1. The van der Waals surface area contributed by atoms with Gasteiger partial charge in [-0.15, -0.1) is 35.7 Å². The van der Waals surface area contributed by atoms with Crippen LogP contribution >= 0.6 is 35.7 Å². The molecule has 0 saturated carbocycles. The van der Waals surface area contributed by atoms with Gasteiger partial charge in [0.1, 0.15) is 0 Å². The van der Waals surface area contributed by atoms with Crippen LogP contribution in [0.3, 0.4) is 0 Å². The molecule has 0 radical (unpaired) electrons. The molecular formula is C20H27IN4OS. The first kappa shape index (κ1) is 23.3. The highest BCUT2D eigenvalue weighted by atomic mass is 127. The number of benzene rings is 2. The van der Waals surface area contributed by atoms with Crippen molar-refractivity contribution in [3.63, 3.8) is 0 Å². The summed E-state index contributed by atoms with van der Waals surface area (Å²) in [5.74, 6) is 1.66. The Kier molecular flexibility index (Phi) is 12.4. The van der Waals surface area contributed by atoms with E-state index >= 15 is 0 Å². The second kappa shape index (κ2) is 14.3. The molecule has 0 unspecified atom stereocenters. The normalized spacial score (nSPS) is 10.6. The standard InChI is InChI=1S/C20H26N4OS.HI/c1-2-21-20(24-15-16-26-18-11-7-4-8-12-18)23-14-13-22-19(25)17-9-5-3-6-10-17;/h3-12H,2,13-16H2,1H3,(H,22,25)(H2,21,23,24);1H. The molecule has 2 aromatic rings. The lowest BCUT2D eigenvalue weighted by Crippen LogP contribution is -2.39. The minimum atomic E-state index is -0.0713. The summed E-state index contributed by atoms with van der Waals surface area (Å²) < 4.78 is 0. The van der Waals surface area contributed by atoms with Gasteiger partial charge in [-0.3, -0.25) is 9.79 Å². The molecule has 0 bridgehead atoms. The van der Waals surface area contributed by atoms with E-state index in [1.54, 1.807) is 12.1 Å². The molecule has 0 aromatic heterocycles. The van der Waals surface area contributed by atoms with Gasteiger partial charge in [0.15, 0.2) is 5.96 Å². The molecule has 0 fully saturated rings. The Morgan fingerprint density at radius 1 is 0.926 bits per heavy atom. The lowest BCUT2D eigenvalue weighted by atomic mass is 10.2. The van der Waals surface area contributed by atoms with Crippen LogP contribution in [0.2, 0.25) is 0 Å². The number of halogens is 1. The summed E-state index contributed by atoms with van der Waals surface area (Å²) >= 11 is 1.81. The van der Waals surface area contributed by atoms with Crippen LogP contribution in [-0.4, -0.2) is 43.8 Å². The maximum Gasteiger partial charge on any atom is 0.251 e. The zero-order valence-electron chi connectivity index (χ0n) is 15.5. The molecule has 2 aromatic carbocycles. The second-order valence-corrected chi connectivity index (χ2v) is 6.64. The van der Waals surface area contributed by atoms with Crippen LogP contribution in [0.5, 0.6) is 0 Å². The first-order valence-corrected chi connectivity index (χ1v) is 9.81. The Labute approximate surface area is 182 Å². The quantitative estimate of drug-likeness (QED) is 0.163. The van der Waals surface area contributed by atoms with Crippen LogP contribution in [0.4, 0.5) is 0 Å². The van der Waals surface area contributed by atoms with E-state index in [1.165, 1.54) is 4.90 Å². The van der Waals surface area contributed by atoms with Gasteiger partial charge in [0.2, 0.25) is 0 Å². The zero-order chi connectivity index (χ0) is 18.5. The Balaban J connectivity index is 0.00000364. The van der Waals surface area contributed by atoms with Crippen molar-refractivity contribution in [2.75, 3.05) is 31.9 Å². The minimum absolute atomic E-state index is 0. The van der Waals surface area contributed by atoms with E-state index in [0.29, 0.717) is 18.7 Å². The van der Waals surface area contributed by atoms with E-state index < -0.39 is 0 Å². The summed E-state index contributed by atoms with van der Waals surface area (Å²) in [6.07, 6.45) is 0. The minimum Gasteiger partial charge on any atom is -0.357 e. The van der Waals surface area contributed by atoms with Crippen molar-refractivity contribution >= 4 is 47.6 Å². The average molecular weight is 498 g/mol. The van der Waals surface area contributed by atoms with E-state index in [4.69, 9.17) is 0 Å². The number of rotatable bonds is 9. The van der Waals surface area contributed by atoms with Gasteiger partial charge in [-0.1, -0.05) is 36.4 Å². The summed E-state index contributed by atoms with van der Waals surface area (Å²) in [4.78, 5) is 17.7. The molecule has 1 amide bonds. The lowest BCUT2D eigenvalue weighted by molar-refractivity contribution is 0.0955. The number of carbonyl (C=O) groups is 1. The first-order chi connectivity index (χ1) is 12.8. The predicted molar refractivity (Wildman–Crippen MR) is 125 cm³/mol. The van der Waals surface area contributed by atoms with Gasteiger partial charge in [0.05, 0.1) is 6.54 Å². The van der Waals surface area contributed by atoms with Crippen LogP contribution in [-0.2, 0) is 0 Å². The van der Waals surface area contributed by atoms with E-state index in [0.717, 1.165) is 24.8 Å². The largest absolute Gasteiger partial charge is 0.357 e. The molecule has 0 aliphatic carbocycles. The van der Waals surface area contributed by atoms with Gasteiger partial charge in [-0.25, -0.2) is 0 Å². The van der Waals surface area contributed by atoms with Crippen LogP contribution in [0.15, 0.2) is 70.6 Å². The van der Waals surface area contributed by atoms with E-state index in [9.17, 15) is 4.79 Å². The van der Waals surface area contributed by atoms with Gasteiger partial charge in [0, 0.05) is 35.8 Å². The zero-order valence-corrected chi connectivity index (χ0v) is 18.6. The molecule has 27 heavy (non-hydrogen) atoms. The number of carbonyl (C=O) groups excluding carboxylic acids is 1. The van der Waals surface area contributed by atoms with Crippen LogP contribution < -0.4 is 16.0 Å². The SMILES string of the molecule is CCNC(=NCCNC(=O)c1ccccc1)NCCSc1ccccc1.I. The molecule has 5 nitrogen and oxygen atoms in total. The third kappa shape index (κ3) is 9.67. The van der Waals surface area contributed by atoms with Gasteiger partial charge in [-0.05, 0) is 31.2 Å². The molecule has 146 valence electrons. The fraction of sp³-hybridized carbons (Fsp3) is 0.300. The van der Waals surface area contributed by atoms with Crippen LogP contribution in [0.25, 0.3) is 0 Å². The van der Waals surface area contributed by atoms with Crippen molar-refractivity contribution in [2.45, 2.75) is 11.8 Å². The van der Waals surface area contributed by atoms with Crippen molar-refractivity contribution in [3.8, 4) is 0 Å². The molecule has 0 atom stereocenters. The highest BCUT2D eigenvalue weighted by Gasteiger charge is 2.03. The Hall–Kier alpha value is -1.74. The highest BCUT2D eigenvalue weighted by molar-refractivity contribution is 14.0. The molecule has 2 rings (SSSR count). The first-order valence-electron chi connectivity index (χ1n) is 8.83.